The summed E-state index contributed by atoms with van der Waals surface area (Å²) in [5.74, 6) is -0.493. The summed E-state index contributed by atoms with van der Waals surface area (Å²) in [5.41, 5.74) is 4.39. The van der Waals surface area contributed by atoms with Gasteiger partial charge < -0.3 is 4.57 Å². The Labute approximate surface area is 122 Å². The Bertz CT molecular complexity index is 763. The van der Waals surface area contributed by atoms with Crippen LogP contribution in [0.5, 0.6) is 0 Å². The average molecular weight is 280 g/mol. The minimum atomic E-state index is -0.493. The van der Waals surface area contributed by atoms with Gasteiger partial charge in [-0.2, -0.15) is 0 Å². The Hall–Kier alpha value is -2.59. The van der Waals surface area contributed by atoms with Crippen LogP contribution in [-0.2, 0) is 13.0 Å². The lowest BCUT2D eigenvalue weighted by molar-refractivity contribution is 0.0706. The highest BCUT2D eigenvalue weighted by molar-refractivity contribution is 5.97. The summed E-state index contributed by atoms with van der Waals surface area (Å²) in [7, 11) is 0. The molecule has 2 aromatic carbocycles. The predicted octanol–water partition coefficient (Wildman–Crippen LogP) is 3.00. The van der Waals surface area contributed by atoms with Gasteiger partial charge in [-0.25, -0.2) is 5.48 Å². The molecule has 0 aliphatic heterocycles. The molecule has 0 aliphatic rings. The van der Waals surface area contributed by atoms with Gasteiger partial charge in [-0.05, 0) is 35.6 Å². The standard InChI is InChI=1S/C17H16N2O2/c20-17(18-21)15-7-6-14-9-11-19(16(14)12-15)10-8-13-4-2-1-3-5-13/h1-7,9,11-12,21H,8,10H2,(H,18,20). The van der Waals surface area contributed by atoms with Crippen LogP contribution in [0.15, 0.2) is 60.8 Å². The van der Waals surface area contributed by atoms with Crippen LogP contribution >= 0.6 is 0 Å². The Kier molecular flexibility index (Phi) is 3.71. The zero-order chi connectivity index (χ0) is 14.7. The van der Waals surface area contributed by atoms with Crippen molar-refractivity contribution in [3.05, 3.63) is 71.9 Å². The molecule has 0 bridgehead atoms. The molecule has 0 unspecified atom stereocenters. The number of carbonyl (C=O) groups excluding carboxylic acids is 1. The van der Waals surface area contributed by atoms with Gasteiger partial charge in [0.2, 0.25) is 0 Å². The van der Waals surface area contributed by atoms with E-state index in [1.165, 1.54) is 5.56 Å². The van der Waals surface area contributed by atoms with E-state index in [4.69, 9.17) is 5.21 Å². The minimum Gasteiger partial charge on any atom is -0.347 e. The van der Waals surface area contributed by atoms with Gasteiger partial charge >= 0.3 is 0 Å². The van der Waals surface area contributed by atoms with Crippen LogP contribution < -0.4 is 5.48 Å². The molecule has 0 fully saturated rings. The summed E-state index contributed by atoms with van der Waals surface area (Å²) in [6.07, 6.45) is 2.95. The monoisotopic (exact) mass is 280 g/mol. The molecule has 0 atom stereocenters. The van der Waals surface area contributed by atoms with Crippen molar-refractivity contribution in [2.75, 3.05) is 0 Å². The van der Waals surface area contributed by atoms with Crippen molar-refractivity contribution in [2.24, 2.45) is 0 Å². The Morgan fingerprint density at radius 2 is 1.90 bits per heavy atom. The number of hydroxylamine groups is 1. The number of fused-ring (bicyclic) bond motifs is 1. The van der Waals surface area contributed by atoms with E-state index >= 15 is 0 Å². The second-order valence-corrected chi connectivity index (χ2v) is 4.96. The zero-order valence-electron chi connectivity index (χ0n) is 11.5. The number of amides is 1. The number of hydrogen-bond acceptors (Lipinski definition) is 2. The summed E-state index contributed by atoms with van der Waals surface area (Å²) in [6, 6.07) is 17.7. The van der Waals surface area contributed by atoms with Crippen LogP contribution in [0.1, 0.15) is 15.9 Å². The lowest BCUT2D eigenvalue weighted by atomic mass is 10.1. The Morgan fingerprint density at radius 1 is 1.10 bits per heavy atom. The number of rotatable bonds is 4. The normalized spacial score (nSPS) is 10.7. The van der Waals surface area contributed by atoms with Crippen LogP contribution in [0, 0.1) is 0 Å². The van der Waals surface area contributed by atoms with Crippen molar-refractivity contribution in [3.63, 3.8) is 0 Å². The van der Waals surface area contributed by atoms with Crippen molar-refractivity contribution in [2.45, 2.75) is 13.0 Å². The summed E-state index contributed by atoms with van der Waals surface area (Å²) < 4.78 is 2.12. The molecule has 106 valence electrons. The predicted molar refractivity (Wildman–Crippen MR) is 81.3 cm³/mol. The molecule has 0 saturated heterocycles. The van der Waals surface area contributed by atoms with Crippen LogP contribution in [0.4, 0.5) is 0 Å². The molecule has 1 amide bonds. The summed E-state index contributed by atoms with van der Waals surface area (Å²) in [4.78, 5) is 11.5. The van der Waals surface area contributed by atoms with Gasteiger partial charge in [0, 0.05) is 23.8 Å². The highest BCUT2D eigenvalue weighted by Crippen LogP contribution is 2.18. The first kappa shape index (κ1) is 13.4. The molecular weight excluding hydrogens is 264 g/mol. The van der Waals surface area contributed by atoms with E-state index < -0.39 is 5.91 Å². The smallest absolute Gasteiger partial charge is 0.274 e. The quantitative estimate of drug-likeness (QED) is 0.570. The van der Waals surface area contributed by atoms with Gasteiger partial charge in [-0.3, -0.25) is 10.0 Å². The number of aryl methyl sites for hydroxylation is 2. The maximum Gasteiger partial charge on any atom is 0.274 e. The Balaban J connectivity index is 1.86. The molecule has 0 spiro atoms. The number of nitrogens with zero attached hydrogens (tertiary/aromatic N) is 1. The highest BCUT2D eigenvalue weighted by atomic mass is 16.5. The van der Waals surface area contributed by atoms with E-state index in [1.54, 1.807) is 17.6 Å². The number of aromatic nitrogens is 1. The molecule has 0 aliphatic carbocycles. The second kappa shape index (κ2) is 5.81. The maximum absolute atomic E-state index is 11.5. The molecule has 1 aromatic heterocycles. The largest absolute Gasteiger partial charge is 0.347 e. The van der Waals surface area contributed by atoms with E-state index in [0.717, 1.165) is 23.9 Å². The average Bonchev–Trinajstić information content (AvgIpc) is 2.95. The third-order valence-electron chi connectivity index (χ3n) is 3.62. The van der Waals surface area contributed by atoms with E-state index in [2.05, 4.69) is 16.7 Å². The molecule has 0 radical (unpaired) electrons. The van der Waals surface area contributed by atoms with Crippen LogP contribution in [0.3, 0.4) is 0 Å². The van der Waals surface area contributed by atoms with E-state index in [0.29, 0.717) is 5.56 Å². The van der Waals surface area contributed by atoms with E-state index in [9.17, 15) is 4.79 Å². The molecule has 3 rings (SSSR count). The summed E-state index contributed by atoms with van der Waals surface area (Å²) >= 11 is 0. The molecular formula is C17H16N2O2. The van der Waals surface area contributed by atoms with Gasteiger partial charge in [-0.15, -0.1) is 0 Å². The fraction of sp³-hybridized carbons (Fsp3) is 0.118. The van der Waals surface area contributed by atoms with Gasteiger partial charge in [-0.1, -0.05) is 36.4 Å². The molecule has 4 heteroatoms. The van der Waals surface area contributed by atoms with E-state index in [1.807, 2.05) is 36.5 Å². The first-order valence-corrected chi connectivity index (χ1v) is 6.85. The minimum absolute atomic E-state index is 0.449. The number of benzene rings is 2. The third kappa shape index (κ3) is 2.80. The van der Waals surface area contributed by atoms with Gasteiger partial charge in [0.05, 0.1) is 0 Å². The Morgan fingerprint density at radius 3 is 2.67 bits per heavy atom. The van der Waals surface area contributed by atoms with Crippen molar-refractivity contribution in [3.8, 4) is 0 Å². The fourth-order valence-electron chi connectivity index (χ4n) is 2.48. The number of nitrogens with one attached hydrogen (secondary N) is 1. The van der Waals surface area contributed by atoms with Crippen molar-refractivity contribution in [1.29, 1.82) is 0 Å². The topological polar surface area (TPSA) is 54.3 Å². The summed E-state index contributed by atoms with van der Waals surface area (Å²) in [6.45, 7) is 0.845. The summed E-state index contributed by atoms with van der Waals surface area (Å²) in [5, 5.41) is 9.81. The number of hydrogen-bond donors (Lipinski definition) is 2. The number of carbonyl (C=O) groups is 1. The maximum atomic E-state index is 11.5. The third-order valence-corrected chi connectivity index (χ3v) is 3.62. The van der Waals surface area contributed by atoms with Gasteiger partial charge in [0.25, 0.3) is 5.91 Å². The van der Waals surface area contributed by atoms with Crippen LogP contribution in [0.25, 0.3) is 10.9 Å². The second-order valence-electron chi connectivity index (χ2n) is 4.96. The lowest BCUT2D eigenvalue weighted by Crippen LogP contribution is -2.18. The highest BCUT2D eigenvalue weighted by Gasteiger charge is 2.07. The van der Waals surface area contributed by atoms with Crippen molar-refractivity contribution < 1.29 is 10.0 Å². The lowest BCUT2D eigenvalue weighted by Gasteiger charge is -2.07. The zero-order valence-corrected chi connectivity index (χ0v) is 11.5. The van der Waals surface area contributed by atoms with Gasteiger partial charge in [0.1, 0.15) is 0 Å². The SMILES string of the molecule is O=C(NO)c1ccc2ccn(CCc3ccccc3)c2c1. The van der Waals surface area contributed by atoms with Crippen molar-refractivity contribution >= 4 is 16.8 Å². The molecule has 3 aromatic rings. The molecule has 0 saturated carbocycles. The van der Waals surface area contributed by atoms with E-state index in [-0.39, 0.29) is 0 Å². The molecule has 21 heavy (non-hydrogen) atoms. The first-order valence-electron chi connectivity index (χ1n) is 6.85. The first-order chi connectivity index (χ1) is 10.3. The van der Waals surface area contributed by atoms with Crippen LogP contribution in [-0.4, -0.2) is 15.7 Å². The molecule has 4 nitrogen and oxygen atoms in total. The fourth-order valence-corrected chi connectivity index (χ4v) is 2.48. The van der Waals surface area contributed by atoms with Crippen LogP contribution in [0.2, 0.25) is 0 Å². The molecule has 2 N–H and O–H groups in total. The molecule has 1 heterocycles. The van der Waals surface area contributed by atoms with Gasteiger partial charge in [0.15, 0.2) is 0 Å². The van der Waals surface area contributed by atoms with Crippen molar-refractivity contribution in [1.82, 2.24) is 10.0 Å².